The van der Waals surface area contributed by atoms with Gasteiger partial charge >= 0.3 is 0 Å². The van der Waals surface area contributed by atoms with E-state index in [-0.39, 0.29) is 17.4 Å². The van der Waals surface area contributed by atoms with Gasteiger partial charge in [-0.2, -0.15) is 0 Å². The molecule has 2 aliphatic rings. The summed E-state index contributed by atoms with van der Waals surface area (Å²) in [5.74, 6) is 0.890. The molecule has 0 saturated carbocycles. The third-order valence-corrected chi connectivity index (χ3v) is 4.80. The number of rotatable bonds is 4. The van der Waals surface area contributed by atoms with Gasteiger partial charge in [0.2, 0.25) is 5.91 Å². The number of ether oxygens (including phenoxy) is 1. The van der Waals surface area contributed by atoms with E-state index in [1.807, 2.05) is 0 Å². The Morgan fingerprint density at radius 1 is 1.42 bits per heavy atom. The molecular formula is C15H28N2O2. The molecule has 4 heteroatoms. The average molecular weight is 268 g/mol. The molecule has 1 amide bonds. The third-order valence-electron chi connectivity index (χ3n) is 4.80. The first-order valence-electron chi connectivity index (χ1n) is 7.72. The average Bonchev–Trinajstić information content (AvgIpc) is 2.46. The van der Waals surface area contributed by atoms with E-state index in [9.17, 15) is 4.79 Å². The molecule has 0 radical (unpaired) electrons. The highest BCUT2D eigenvalue weighted by Gasteiger charge is 2.30. The van der Waals surface area contributed by atoms with Gasteiger partial charge in [0.1, 0.15) is 0 Å². The normalized spacial score (nSPS) is 30.8. The molecule has 2 rings (SSSR count). The summed E-state index contributed by atoms with van der Waals surface area (Å²) >= 11 is 0. The van der Waals surface area contributed by atoms with Crippen molar-refractivity contribution >= 4 is 5.91 Å². The van der Waals surface area contributed by atoms with Crippen LogP contribution in [0.25, 0.3) is 0 Å². The van der Waals surface area contributed by atoms with Crippen molar-refractivity contribution in [3.05, 3.63) is 0 Å². The van der Waals surface area contributed by atoms with E-state index < -0.39 is 0 Å². The topological polar surface area (TPSA) is 50.4 Å². The van der Waals surface area contributed by atoms with Gasteiger partial charge < -0.3 is 15.4 Å². The van der Waals surface area contributed by atoms with Gasteiger partial charge in [0.25, 0.3) is 0 Å². The lowest BCUT2D eigenvalue weighted by Crippen LogP contribution is -2.51. The summed E-state index contributed by atoms with van der Waals surface area (Å²) in [6, 6.07) is 0.0159. The number of amides is 1. The number of piperidine rings is 1. The van der Waals surface area contributed by atoms with Crippen LogP contribution < -0.4 is 10.6 Å². The fraction of sp³-hybridized carbons (Fsp3) is 0.933. The molecule has 0 aromatic carbocycles. The predicted molar refractivity (Wildman–Crippen MR) is 76.0 cm³/mol. The minimum Gasteiger partial charge on any atom is -0.381 e. The van der Waals surface area contributed by atoms with Gasteiger partial charge in [0, 0.05) is 19.8 Å². The summed E-state index contributed by atoms with van der Waals surface area (Å²) in [6.45, 7) is 7.87. The second-order valence-electron chi connectivity index (χ2n) is 6.45. The monoisotopic (exact) mass is 268 g/mol. The first kappa shape index (κ1) is 14.8. The lowest BCUT2D eigenvalue weighted by atomic mass is 9.82. The van der Waals surface area contributed by atoms with Gasteiger partial charge in [-0.05, 0) is 43.6 Å². The van der Waals surface area contributed by atoms with Gasteiger partial charge in [0.05, 0.1) is 6.04 Å². The molecule has 0 bridgehead atoms. The van der Waals surface area contributed by atoms with Crippen LogP contribution >= 0.6 is 0 Å². The minimum atomic E-state index is 0.0159. The smallest absolute Gasteiger partial charge is 0.237 e. The van der Waals surface area contributed by atoms with E-state index in [1.165, 1.54) is 12.8 Å². The zero-order valence-corrected chi connectivity index (χ0v) is 12.3. The van der Waals surface area contributed by atoms with Crippen LogP contribution in [0.1, 0.15) is 46.0 Å². The van der Waals surface area contributed by atoms with E-state index >= 15 is 0 Å². The van der Waals surface area contributed by atoms with Crippen LogP contribution in [0, 0.1) is 11.3 Å². The lowest BCUT2D eigenvalue weighted by Gasteiger charge is -2.35. The highest BCUT2D eigenvalue weighted by atomic mass is 16.5. The van der Waals surface area contributed by atoms with E-state index in [1.54, 1.807) is 0 Å². The van der Waals surface area contributed by atoms with Gasteiger partial charge in [-0.15, -0.1) is 0 Å². The van der Waals surface area contributed by atoms with Gasteiger partial charge in [-0.3, -0.25) is 4.79 Å². The Morgan fingerprint density at radius 3 is 2.84 bits per heavy atom. The van der Waals surface area contributed by atoms with E-state index in [4.69, 9.17) is 4.74 Å². The van der Waals surface area contributed by atoms with Gasteiger partial charge in [-0.1, -0.05) is 20.3 Å². The molecule has 2 aliphatic heterocycles. The number of carbonyl (C=O) groups excluding carboxylic acids is 1. The predicted octanol–water partition coefficient (Wildman–Crippen LogP) is 1.70. The molecule has 2 heterocycles. The van der Waals surface area contributed by atoms with Gasteiger partial charge in [-0.25, -0.2) is 0 Å². The highest BCUT2D eigenvalue weighted by Crippen LogP contribution is 2.28. The summed E-state index contributed by atoms with van der Waals surface area (Å²) in [5.41, 5.74) is 0.215. The summed E-state index contributed by atoms with van der Waals surface area (Å²) in [6.07, 6.45) is 5.46. The molecule has 0 aromatic heterocycles. The summed E-state index contributed by atoms with van der Waals surface area (Å²) in [7, 11) is 0. The van der Waals surface area contributed by atoms with Crippen LogP contribution in [0.15, 0.2) is 0 Å². The molecule has 2 N–H and O–H groups in total. The first-order valence-corrected chi connectivity index (χ1v) is 7.72. The van der Waals surface area contributed by atoms with Crippen molar-refractivity contribution in [1.82, 2.24) is 10.6 Å². The second-order valence-corrected chi connectivity index (χ2v) is 6.45. The maximum absolute atomic E-state index is 12.2. The molecule has 2 saturated heterocycles. The quantitative estimate of drug-likeness (QED) is 0.816. The summed E-state index contributed by atoms with van der Waals surface area (Å²) in [4.78, 5) is 12.2. The van der Waals surface area contributed by atoms with E-state index in [0.717, 1.165) is 45.6 Å². The van der Waals surface area contributed by atoms with Crippen LogP contribution in [0.3, 0.4) is 0 Å². The van der Waals surface area contributed by atoms with Gasteiger partial charge in [0.15, 0.2) is 0 Å². The van der Waals surface area contributed by atoms with Crippen molar-refractivity contribution in [1.29, 1.82) is 0 Å². The zero-order chi connectivity index (χ0) is 13.7. The highest BCUT2D eigenvalue weighted by molar-refractivity contribution is 5.81. The van der Waals surface area contributed by atoms with Crippen molar-refractivity contribution in [3.63, 3.8) is 0 Å². The van der Waals surface area contributed by atoms with Crippen molar-refractivity contribution in [2.24, 2.45) is 11.3 Å². The molecule has 0 spiro atoms. The van der Waals surface area contributed by atoms with E-state index in [0.29, 0.717) is 5.92 Å². The molecule has 4 nitrogen and oxygen atoms in total. The van der Waals surface area contributed by atoms with Crippen molar-refractivity contribution < 1.29 is 9.53 Å². The fourth-order valence-electron chi connectivity index (χ4n) is 3.03. The number of hydrogen-bond donors (Lipinski definition) is 2. The molecule has 19 heavy (non-hydrogen) atoms. The molecular weight excluding hydrogens is 240 g/mol. The maximum atomic E-state index is 12.2. The maximum Gasteiger partial charge on any atom is 0.237 e. The van der Waals surface area contributed by atoms with Crippen molar-refractivity contribution in [2.45, 2.75) is 52.0 Å². The van der Waals surface area contributed by atoms with Crippen molar-refractivity contribution in [2.75, 3.05) is 26.3 Å². The molecule has 2 fully saturated rings. The van der Waals surface area contributed by atoms with E-state index in [2.05, 4.69) is 24.5 Å². The number of nitrogens with one attached hydrogen (secondary N) is 2. The van der Waals surface area contributed by atoms with Crippen molar-refractivity contribution in [3.8, 4) is 0 Å². The molecule has 110 valence electrons. The Morgan fingerprint density at radius 2 is 2.16 bits per heavy atom. The largest absolute Gasteiger partial charge is 0.381 e. The molecule has 0 aromatic rings. The lowest BCUT2D eigenvalue weighted by molar-refractivity contribution is -0.125. The Labute approximate surface area is 116 Å². The summed E-state index contributed by atoms with van der Waals surface area (Å²) < 4.78 is 5.39. The third kappa shape index (κ3) is 4.18. The van der Waals surface area contributed by atoms with Crippen LogP contribution in [-0.2, 0) is 9.53 Å². The van der Waals surface area contributed by atoms with Crippen LogP contribution in [0.5, 0.6) is 0 Å². The van der Waals surface area contributed by atoms with Crippen LogP contribution in [0.4, 0.5) is 0 Å². The Balaban J connectivity index is 1.77. The summed E-state index contributed by atoms with van der Waals surface area (Å²) in [5, 5.41) is 6.50. The van der Waals surface area contributed by atoms with Crippen LogP contribution in [-0.4, -0.2) is 38.3 Å². The second kappa shape index (κ2) is 6.71. The fourth-order valence-corrected chi connectivity index (χ4v) is 3.03. The molecule has 0 aliphatic carbocycles. The first-order chi connectivity index (χ1) is 9.13. The number of hydrogen-bond acceptors (Lipinski definition) is 3. The Hall–Kier alpha value is -0.610. The van der Waals surface area contributed by atoms with Crippen LogP contribution in [0.2, 0.25) is 0 Å². The molecule has 2 unspecified atom stereocenters. The number of carbonyl (C=O) groups is 1. The minimum absolute atomic E-state index is 0.0159. The standard InChI is InChI=1S/C15H28N2O2/c1-3-12-4-7-16-13(10-12)14(18)17-11-15(2)5-8-19-9-6-15/h12-13,16H,3-11H2,1-2H3,(H,17,18). The Bertz CT molecular complexity index is 301. The Kier molecular flexibility index (Phi) is 5.22. The zero-order valence-electron chi connectivity index (χ0n) is 12.3. The molecule has 2 atom stereocenters. The SMILES string of the molecule is CCC1CCNC(C(=O)NCC2(C)CCOCC2)C1.